The number of hydrogen-bond acceptors (Lipinski definition) is 3. The lowest BCUT2D eigenvalue weighted by Crippen LogP contribution is -2.08. The lowest BCUT2D eigenvalue weighted by molar-refractivity contribution is 1.22. The highest BCUT2D eigenvalue weighted by Gasteiger charge is 1.91. The van der Waals surface area contributed by atoms with Gasteiger partial charge < -0.3 is 10.4 Å². The van der Waals surface area contributed by atoms with Crippen LogP contribution in [0.4, 0.5) is 5.69 Å². The second-order valence-electron chi connectivity index (χ2n) is 2.04. The molecule has 0 fully saturated rings. The van der Waals surface area contributed by atoms with Gasteiger partial charge in [0.2, 0.25) is 0 Å². The number of aryl methyl sites for hydroxylation is 1. The third-order valence-electron chi connectivity index (χ3n) is 1.29. The van der Waals surface area contributed by atoms with Crippen LogP contribution in [0.1, 0.15) is 5.56 Å². The Kier molecular flexibility index (Phi) is 2.03. The minimum Gasteiger partial charge on any atom is -0.351 e. The Morgan fingerprint density at radius 3 is 2.90 bits per heavy atom. The van der Waals surface area contributed by atoms with Gasteiger partial charge in [-0.15, -0.1) is 0 Å². The number of nitrogen functional groups attached to an aromatic ring is 1. The SMILES string of the molecule is Cc1cc(=S)[nH]cc1NN. The van der Waals surface area contributed by atoms with Crippen molar-refractivity contribution < 1.29 is 0 Å². The predicted octanol–water partition coefficient (Wildman–Crippen LogP) is 1.34. The zero-order valence-electron chi connectivity index (χ0n) is 5.64. The molecule has 1 aromatic rings. The number of pyridine rings is 1. The smallest absolute Gasteiger partial charge is 0.103 e. The summed E-state index contributed by atoms with van der Waals surface area (Å²) in [7, 11) is 0. The predicted molar refractivity (Wildman–Crippen MR) is 44.2 cm³/mol. The molecule has 0 aliphatic heterocycles. The van der Waals surface area contributed by atoms with Crippen molar-refractivity contribution in [1.29, 1.82) is 0 Å². The average molecular weight is 155 g/mol. The summed E-state index contributed by atoms with van der Waals surface area (Å²) >= 11 is 4.88. The van der Waals surface area contributed by atoms with Crippen LogP contribution < -0.4 is 11.3 Å². The van der Waals surface area contributed by atoms with Crippen LogP contribution >= 0.6 is 12.2 Å². The van der Waals surface area contributed by atoms with Crippen molar-refractivity contribution in [3.05, 3.63) is 22.5 Å². The molecule has 0 amide bonds. The van der Waals surface area contributed by atoms with E-state index >= 15 is 0 Å². The number of hydrazine groups is 1. The molecule has 1 aromatic heterocycles. The normalized spacial score (nSPS) is 9.40. The summed E-state index contributed by atoms with van der Waals surface area (Å²) in [6, 6.07) is 1.85. The standard InChI is InChI=1S/C6H9N3S/c1-4-2-6(10)8-3-5(4)9-7/h2-3,9H,7H2,1H3,(H,8,10). The van der Waals surface area contributed by atoms with Crippen LogP contribution in [0, 0.1) is 11.6 Å². The van der Waals surface area contributed by atoms with E-state index in [1.807, 2.05) is 13.0 Å². The maximum absolute atomic E-state index is 5.20. The van der Waals surface area contributed by atoms with E-state index in [0.717, 1.165) is 15.9 Å². The number of hydrogen-bond donors (Lipinski definition) is 3. The molecule has 3 nitrogen and oxygen atoms in total. The number of nitrogens with two attached hydrogens (primary N) is 1. The molecule has 0 aromatic carbocycles. The first-order chi connectivity index (χ1) is 4.74. The molecule has 0 atom stereocenters. The van der Waals surface area contributed by atoms with E-state index in [1.54, 1.807) is 6.20 Å². The van der Waals surface area contributed by atoms with Gasteiger partial charge in [0.05, 0.1) is 5.69 Å². The molecular formula is C6H9N3S. The van der Waals surface area contributed by atoms with E-state index < -0.39 is 0 Å². The quantitative estimate of drug-likeness (QED) is 0.326. The van der Waals surface area contributed by atoms with Crippen molar-refractivity contribution in [2.24, 2.45) is 5.84 Å². The van der Waals surface area contributed by atoms with Crippen molar-refractivity contribution >= 4 is 17.9 Å². The Morgan fingerprint density at radius 1 is 1.70 bits per heavy atom. The topological polar surface area (TPSA) is 53.8 Å². The molecule has 4 heteroatoms. The Balaban J connectivity index is 3.19. The summed E-state index contributed by atoms with van der Waals surface area (Å²) in [6.45, 7) is 1.94. The van der Waals surface area contributed by atoms with Gasteiger partial charge in [0.25, 0.3) is 0 Å². The Hall–Kier alpha value is -0.870. The Morgan fingerprint density at radius 2 is 2.40 bits per heavy atom. The molecular weight excluding hydrogens is 146 g/mol. The molecule has 0 spiro atoms. The van der Waals surface area contributed by atoms with Crippen LogP contribution in [0.2, 0.25) is 0 Å². The van der Waals surface area contributed by atoms with Gasteiger partial charge in [0, 0.05) is 6.20 Å². The fourth-order valence-corrected chi connectivity index (χ4v) is 0.964. The third kappa shape index (κ3) is 1.34. The molecule has 4 N–H and O–H groups in total. The zero-order chi connectivity index (χ0) is 7.56. The van der Waals surface area contributed by atoms with Crippen LogP contribution in [0.15, 0.2) is 12.3 Å². The fourth-order valence-electron chi connectivity index (χ4n) is 0.729. The summed E-state index contributed by atoms with van der Waals surface area (Å²) < 4.78 is 0.719. The van der Waals surface area contributed by atoms with Crippen molar-refractivity contribution in [2.45, 2.75) is 6.92 Å². The number of aromatic amines is 1. The fraction of sp³-hybridized carbons (Fsp3) is 0.167. The van der Waals surface area contributed by atoms with Gasteiger partial charge in [-0.25, -0.2) is 0 Å². The molecule has 0 aliphatic carbocycles. The van der Waals surface area contributed by atoms with E-state index in [-0.39, 0.29) is 0 Å². The van der Waals surface area contributed by atoms with E-state index in [2.05, 4.69) is 10.4 Å². The Labute approximate surface area is 64.2 Å². The van der Waals surface area contributed by atoms with Gasteiger partial charge in [-0.2, -0.15) is 0 Å². The number of rotatable bonds is 1. The maximum Gasteiger partial charge on any atom is 0.103 e. The highest BCUT2D eigenvalue weighted by molar-refractivity contribution is 7.71. The van der Waals surface area contributed by atoms with Crippen LogP contribution in [-0.2, 0) is 0 Å². The number of anilines is 1. The summed E-state index contributed by atoms with van der Waals surface area (Å²) in [5.41, 5.74) is 4.46. The summed E-state index contributed by atoms with van der Waals surface area (Å²) in [5.74, 6) is 5.20. The van der Waals surface area contributed by atoms with Crippen LogP contribution in [0.5, 0.6) is 0 Å². The largest absolute Gasteiger partial charge is 0.351 e. The molecule has 10 heavy (non-hydrogen) atoms. The molecule has 0 unspecified atom stereocenters. The molecule has 1 rings (SSSR count). The highest BCUT2D eigenvalue weighted by atomic mass is 32.1. The van der Waals surface area contributed by atoms with Crippen molar-refractivity contribution in [2.75, 3.05) is 5.43 Å². The summed E-state index contributed by atoms with van der Waals surface area (Å²) in [5, 5.41) is 0. The number of H-pyrrole nitrogens is 1. The highest BCUT2D eigenvalue weighted by Crippen LogP contribution is 2.09. The van der Waals surface area contributed by atoms with Crippen LogP contribution in [-0.4, -0.2) is 4.98 Å². The van der Waals surface area contributed by atoms with Gasteiger partial charge >= 0.3 is 0 Å². The molecule has 0 saturated heterocycles. The lowest BCUT2D eigenvalue weighted by atomic mass is 10.3. The molecule has 54 valence electrons. The monoisotopic (exact) mass is 155 g/mol. The zero-order valence-corrected chi connectivity index (χ0v) is 6.46. The third-order valence-corrected chi connectivity index (χ3v) is 1.52. The Bertz CT molecular complexity index is 279. The van der Waals surface area contributed by atoms with Crippen molar-refractivity contribution in [1.82, 2.24) is 4.98 Å². The minimum absolute atomic E-state index is 0.719. The van der Waals surface area contributed by atoms with E-state index in [4.69, 9.17) is 18.1 Å². The second kappa shape index (κ2) is 2.81. The second-order valence-corrected chi connectivity index (χ2v) is 2.48. The van der Waals surface area contributed by atoms with Crippen molar-refractivity contribution in [3.8, 4) is 0 Å². The summed E-state index contributed by atoms with van der Waals surface area (Å²) in [6.07, 6.45) is 1.75. The number of nitrogens with one attached hydrogen (secondary N) is 2. The van der Waals surface area contributed by atoms with Gasteiger partial charge in [-0.1, -0.05) is 12.2 Å². The first kappa shape index (κ1) is 7.24. The lowest BCUT2D eigenvalue weighted by Gasteiger charge is -2.01. The average Bonchev–Trinajstić information content (AvgIpc) is 1.88. The summed E-state index contributed by atoms with van der Waals surface area (Å²) in [4.78, 5) is 2.86. The molecule has 0 aliphatic rings. The van der Waals surface area contributed by atoms with E-state index in [1.165, 1.54) is 0 Å². The van der Waals surface area contributed by atoms with Gasteiger partial charge in [-0.05, 0) is 18.6 Å². The molecule has 0 bridgehead atoms. The van der Waals surface area contributed by atoms with E-state index in [0.29, 0.717) is 0 Å². The van der Waals surface area contributed by atoms with Crippen molar-refractivity contribution in [3.63, 3.8) is 0 Å². The molecule has 1 heterocycles. The molecule has 0 radical (unpaired) electrons. The minimum atomic E-state index is 0.719. The van der Waals surface area contributed by atoms with Gasteiger partial charge in [0.15, 0.2) is 0 Å². The first-order valence-corrected chi connectivity index (χ1v) is 3.31. The first-order valence-electron chi connectivity index (χ1n) is 2.90. The van der Waals surface area contributed by atoms with E-state index in [9.17, 15) is 0 Å². The van der Waals surface area contributed by atoms with Gasteiger partial charge in [0.1, 0.15) is 4.64 Å². The maximum atomic E-state index is 5.20. The number of aromatic nitrogens is 1. The van der Waals surface area contributed by atoms with Crippen LogP contribution in [0.3, 0.4) is 0 Å². The molecule has 0 saturated carbocycles. The van der Waals surface area contributed by atoms with Gasteiger partial charge in [-0.3, -0.25) is 5.84 Å². The van der Waals surface area contributed by atoms with Crippen LogP contribution in [0.25, 0.3) is 0 Å².